The number of para-hydroxylation sites is 1. The average Bonchev–Trinajstić information content (AvgIpc) is 3.19. The fourth-order valence-corrected chi connectivity index (χ4v) is 4.79. The summed E-state index contributed by atoms with van der Waals surface area (Å²) in [5.74, 6) is -2.24. The number of amides is 1. The van der Waals surface area contributed by atoms with Crippen LogP contribution in [0.4, 0.5) is 5.13 Å². The zero-order valence-electron chi connectivity index (χ0n) is 12.5. The minimum absolute atomic E-state index is 0.0224. The standard InChI is InChI=1S/C17H16N2O3S/c1-8-3-2-4-11-14(8)18-17(23-11)19-15(20)12-9-5-6-10(7-9)13(12)16(21)22/h2-6,9-10,12-13H,7H2,1H3,(H,21,22)(H,18,19,20). The lowest BCUT2D eigenvalue weighted by Gasteiger charge is -2.23. The second-order valence-electron chi connectivity index (χ2n) is 6.27. The number of aliphatic carboxylic acids is 1. The number of rotatable bonds is 3. The molecule has 6 heteroatoms. The SMILES string of the molecule is Cc1cccc2sc(NC(=O)C3C4C=CC(C4)C3C(=O)O)nc12. The Hall–Kier alpha value is -2.21. The van der Waals surface area contributed by atoms with Crippen LogP contribution < -0.4 is 5.32 Å². The molecule has 1 amide bonds. The third kappa shape index (κ3) is 2.25. The van der Waals surface area contributed by atoms with Crippen LogP contribution in [-0.2, 0) is 9.59 Å². The molecule has 4 rings (SSSR count). The van der Waals surface area contributed by atoms with Crippen molar-refractivity contribution in [2.75, 3.05) is 5.32 Å². The number of fused-ring (bicyclic) bond motifs is 3. The molecule has 0 spiro atoms. The fraction of sp³-hybridized carbons (Fsp3) is 0.353. The van der Waals surface area contributed by atoms with Crippen molar-refractivity contribution in [2.24, 2.45) is 23.7 Å². The number of hydrogen-bond donors (Lipinski definition) is 2. The highest BCUT2D eigenvalue weighted by molar-refractivity contribution is 7.22. The topological polar surface area (TPSA) is 79.3 Å². The van der Waals surface area contributed by atoms with Gasteiger partial charge in [-0.25, -0.2) is 4.98 Å². The number of nitrogens with zero attached hydrogens (tertiary/aromatic N) is 1. The van der Waals surface area contributed by atoms with Crippen molar-refractivity contribution in [3.05, 3.63) is 35.9 Å². The van der Waals surface area contributed by atoms with Crippen molar-refractivity contribution < 1.29 is 14.7 Å². The number of thiazole rings is 1. The van der Waals surface area contributed by atoms with Crippen LogP contribution in [0, 0.1) is 30.6 Å². The summed E-state index contributed by atoms with van der Waals surface area (Å²) >= 11 is 1.42. The number of carbonyl (C=O) groups is 2. The van der Waals surface area contributed by atoms with Crippen LogP contribution in [0.15, 0.2) is 30.4 Å². The Kier molecular flexibility index (Phi) is 3.23. The smallest absolute Gasteiger partial charge is 0.307 e. The van der Waals surface area contributed by atoms with Crippen LogP contribution in [0.1, 0.15) is 12.0 Å². The molecule has 0 saturated heterocycles. The van der Waals surface area contributed by atoms with Gasteiger partial charge in [0.05, 0.1) is 22.1 Å². The summed E-state index contributed by atoms with van der Waals surface area (Å²) in [6.07, 6.45) is 4.68. The highest BCUT2D eigenvalue weighted by Crippen LogP contribution is 2.48. The molecule has 2 bridgehead atoms. The van der Waals surface area contributed by atoms with Crippen molar-refractivity contribution in [3.63, 3.8) is 0 Å². The van der Waals surface area contributed by atoms with Crippen molar-refractivity contribution in [2.45, 2.75) is 13.3 Å². The first kappa shape index (κ1) is 14.4. The molecule has 0 aliphatic heterocycles. The van der Waals surface area contributed by atoms with E-state index in [1.165, 1.54) is 11.3 Å². The molecule has 1 saturated carbocycles. The number of hydrogen-bond acceptors (Lipinski definition) is 4. The summed E-state index contributed by atoms with van der Waals surface area (Å²) in [6.45, 7) is 1.98. The molecule has 5 nitrogen and oxygen atoms in total. The number of anilines is 1. The molecule has 4 unspecified atom stereocenters. The number of carboxylic acids is 1. The van der Waals surface area contributed by atoms with E-state index in [2.05, 4.69) is 10.3 Å². The van der Waals surface area contributed by atoms with Crippen LogP contribution in [0.3, 0.4) is 0 Å². The van der Waals surface area contributed by atoms with Crippen molar-refractivity contribution >= 4 is 38.6 Å². The lowest BCUT2D eigenvalue weighted by Crippen LogP contribution is -2.36. The number of carboxylic acid groups (broad SMARTS) is 1. The summed E-state index contributed by atoms with van der Waals surface area (Å²) in [5.41, 5.74) is 1.95. The number of nitrogens with one attached hydrogen (secondary N) is 1. The van der Waals surface area contributed by atoms with Crippen molar-refractivity contribution in [1.82, 2.24) is 4.98 Å². The molecule has 0 radical (unpaired) electrons. The van der Waals surface area contributed by atoms with E-state index in [9.17, 15) is 14.7 Å². The quantitative estimate of drug-likeness (QED) is 0.849. The van der Waals surface area contributed by atoms with Crippen LogP contribution in [0.25, 0.3) is 10.2 Å². The zero-order valence-corrected chi connectivity index (χ0v) is 13.3. The van der Waals surface area contributed by atoms with Gasteiger partial charge in [0.2, 0.25) is 5.91 Å². The lowest BCUT2D eigenvalue weighted by molar-refractivity contribution is -0.146. The molecule has 1 heterocycles. The molecular formula is C17H16N2O3S. The van der Waals surface area contributed by atoms with Gasteiger partial charge in [0.15, 0.2) is 5.13 Å². The van der Waals surface area contributed by atoms with Gasteiger partial charge in [-0.1, -0.05) is 35.6 Å². The number of allylic oxidation sites excluding steroid dienone is 2. The monoisotopic (exact) mass is 328 g/mol. The summed E-state index contributed by atoms with van der Waals surface area (Å²) in [4.78, 5) is 28.6. The zero-order chi connectivity index (χ0) is 16.1. The molecule has 4 atom stereocenters. The molecule has 1 aromatic carbocycles. The van der Waals surface area contributed by atoms with Gasteiger partial charge in [0.1, 0.15) is 0 Å². The molecule has 118 valence electrons. The molecule has 2 N–H and O–H groups in total. The Bertz CT molecular complexity index is 841. The molecule has 1 aromatic heterocycles. The van der Waals surface area contributed by atoms with E-state index in [0.29, 0.717) is 5.13 Å². The normalized spacial score (nSPS) is 28.4. The van der Waals surface area contributed by atoms with Gasteiger partial charge in [-0.15, -0.1) is 0 Å². The second kappa shape index (κ2) is 5.16. The number of aryl methyl sites for hydroxylation is 1. The maximum absolute atomic E-state index is 12.6. The van der Waals surface area contributed by atoms with E-state index in [1.54, 1.807) is 0 Å². The fourth-order valence-electron chi connectivity index (χ4n) is 3.84. The maximum atomic E-state index is 12.6. The molecule has 2 aliphatic rings. The first-order valence-electron chi connectivity index (χ1n) is 7.63. The third-order valence-electron chi connectivity index (χ3n) is 4.90. The van der Waals surface area contributed by atoms with Gasteiger partial charge in [-0.3, -0.25) is 9.59 Å². The van der Waals surface area contributed by atoms with E-state index in [4.69, 9.17) is 0 Å². The predicted molar refractivity (Wildman–Crippen MR) is 88.3 cm³/mol. The minimum atomic E-state index is -0.887. The molecule has 1 fully saturated rings. The van der Waals surface area contributed by atoms with E-state index in [0.717, 1.165) is 22.2 Å². The van der Waals surface area contributed by atoms with Gasteiger partial charge >= 0.3 is 5.97 Å². The third-order valence-corrected chi connectivity index (χ3v) is 5.83. The summed E-state index contributed by atoms with van der Waals surface area (Å²) in [6, 6.07) is 5.91. The Labute approximate surface area is 137 Å². The number of benzene rings is 1. The van der Waals surface area contributed by atoms with Gasteiger partial charge in [-0.2, -0.15) is 0 Å². The number of aromatic nitrogens is 1. The summed E-state index contributed by atoms with van der Waals surface area (Å²) < 4.78 is 1.02. The molecular weight excluding hydrogens is 312 g/mol. The summed E-state index contributed by atoms with van der Waals surface area (Å²) in [5, 5.41) is 12.8. The maximum Gasteiger partial charge on any atom is 0.307 e. The Morgan fingerprint density at radius 2 is 2.00 bits per heavy atom. The van der Waals surface area contributed by atoms with Crippen LogP contribution in [-0.4, -0.2) is 22.0 Å². The minimum Gasteiger partial charge on any atom is -0.481 e. The summed E-state index contributed by atoms with van der Waals surface area (Å²) in [7, 11) is 0. The van der Waals surface area contributed by atoms with E-state index < -0.39 is 17.8 Å². The Balaban J connectivity index is 1.60. The van der Waals surface area contributed by atoms with Gasteiger partial charge in [0.25, 0.3) is 0 Å². The van der Waals surface area contributed by atoms with Crippen molar-refractivity contribution in [3.8, 4) is 0 Å². The second-order valence-corrected chi connectivity index (χ2v) is 7.30. The Morgan fingerprint density at radius 3 is 2.70 bits per heavy atom. The van der Waals surface area contributed by atoms with Gasteiger partial charge in [0, 0.05) is 0 Å². The highest BCUT2D eigenvalue weighted by Gasteiger charge is 2.51. The largest absolute Gasteiger partial charge is 0.481 e. The lowest BCUT2D eigenvalue weighted by atomic mass is 9.82. The van der Waals surface area contributed by atoms with E-state index in [-0.39, 0.29) is 17.7 Å². The predicted octanol–water partition coefficient (Wildman–Crippen LogP) is 3.07. The van der Waals surface area contributed by atoms with E-state index >= 15 is 0 Å². The number of carbonyl (C=O) groups excluding carboxylic acids is 1. The van der Waals surface area contributed by atoms with Gasteiger partial charge in [-0.05, 0) is 36.8 Å². The van der Waals surface area contributed by atoms with Gasteiger partial charge < -0.3 is 10.4 Å². The first-order valence-corrected chi connectivity index (χ1v) is 8.44. The van der Waals surface area contributed by atoms with Crippen LogP contribution >= 0.6 is 11.3 Å². The first-order chi connectivity index (χ1) is 11.0. The highest BCUT2D eigenvalue weighted by atomic mass is 32.1. The molecule has 2 aliphatic carbocycles. The van der Waals surface area contributed by atoms with Crippen LogP contribution in [0.5, 0.6) is 0 Å². The Morgan fingerprint density at radius 1 is 1.26 bits per heavy atom. The van der Waals surface area contributed by atoms with E-state index in [1.807, 2.05) is 37.3 Å². The van der Waals surface area contributed by atoms with Crippen LogP contribution in [0.2, 0.25) is 0 Å². The van der Waals surface area contributed by atoms with Crippen molar-refractivity contribution in [1.29, 1.82) is 0 Å². The molecule has 23 heavy (non-hydrogen) atoms. The average molecular weight is 328 g/mol. The molecule has 2 aromatic rings.